The first-order valence-corrected chi connectivity index (χ1v) is 5.54. The van der Waals surface area contributed by atoms with Gasteiger partial charge < -0.3 is 15.4 Å². The molecule has 0 aliphatic rings. The number of carboxylic acids is 1. The minimum Gasteiger partial charge on any atom is -0.476 e. The zero-order chi connectivity index (χ0) is 13.0. The molecule has 18 heavy (non-hydrogen) atoms. The number of carboxylic acid groups (broad SMARTS) is 1. The van der Waals surface area contributed by atoms with Crippen molar-refractivity contribution in [1.82, 2.24) is 24.5 Å². The van der Waals surface area contributed by atoms with Gasteiger partial charge in [-0.15, -0.1) is 5.10 Å². The molecule has 0 atom stereocenters. The average Bonchev–Trinajstić information content (AvgIpc) is 2.95. The molecule has 0 spiro atoms. The fraction of sp³-hybridized carbons (Fsp3) is 0.400. The number of nitrogens with two attached hydrogens (primary N) is 1. The summed E-state index contributed by atoms with van der Waals surface area (Å²) in [5.74, 6) is -1.08. The number of aryl methyl sites for hydroxylation is 2. The smallest absolute Gasteiger partial charge is 0.358 e. The molecule has 8 nitrogen and oxygen atoms in total. The number of rotatable bonds is 6. The molecule has 0 radical (unpaired) electrons. The number of aromatic nitrogens is 5. The predicted octanol–water partition coefficient (Wildman–Crippen LogP) is -0.626. The number of carbonyl (C=O) groups is 1. The molecule has 0 aliphatic heterocycles. The highest BCUT2D eigenvalue weighted by Crippen LogP contribution is 2.06. The van der Waals surface area contributed by atoms with Crippen LogP contribution in [0.5, 0.6) is 0 Å². The molecule has 0 amide bonds. The molecular formula is C10H14N6O2. The summed E-state index contributed by atoms with van der Waals surface area (Å²) in [5.41, 5.74) is 6.01. The monoisotopic (exact) mass is 250 g/mol. The molecule has 0 saturated carbocycles. The molecule has 0 fully saturated rings. The van der Waals surface area contributed by atoms with Crippen molar-refractivity contribution >= 4 is 5.97 Å². The van der Waals surface area contributed by atoms with Crippen LogP contribution in [0.25, 0.3) is 0 Å². The van der Waals surface area contributed by atoms with Crippen LogP contribution >= 0.6 is 0 Å². The van der Waals surface area contributed by atoms with Crippen molar-refractivity contribution in [3.8, 4) is 0 Å². The van der Waals surface area contributed by atoms with Crippen LogP contribution in [0, 0.1) is 0 Å². The maximum Gasteiger partial charge on any atom is 0.358 e. The quantitative estimate of drug-likeness (QED) is 0.706. The number of imidazole rings is 1. The molecular weight excluding hydrogens is 236 g/mol. The average molecular weight is 250 g/mol. The zero-order valence-electron chi connectivity index (χ0n) is 9.73. The van der Waals surface area contributed by atoms with E-state index in [1.165, 1.54) is 0 Å². The van der Waals surface area contributed by atoms with Crippen molar-refractivity contribution in [3.63, 3.8) is 0 Å². The van der Waals surface area contributed by atoms with Gasteiger partial charge in [0, 0.05) is 25.4 Å². The number of hydrogen-bond acceptors (Lipinski definition) is 5. The van der Waals surface area contributed by atoms with E-state index < -0.39 is 5.97 Å². The van der Waals surface area contributed by atoms with E-state index in [4.69, 9.17) is 10.8 Å². The van der Waals surface area contributed by atoms with Crippen LogP contribution in [0.15, 0.2) is 18.7 Å². The third kappa shape index (κ3) is 2.54. The molecule has 3 N–H and O–H groups in total. The molecule has 0 aliphatic carbocycles. The van der Waals surface area contributed by atoms with Gasteiger partial charge in [-0.1, -0.05) is 5.21 Å². The molecule has 2 rings (SSSR count). The van der Waals surface area contributed by atoms with Gasteiger partial charge in [0.25, 0.3) is 0 Å². The Morgan fingerprint density at radius 2 is 2.28 bits per heavy atom. The van der Waals surface area contributed by atoms with Crippen LogP contribution in [0.4, 0.5) is 0 Å². The minimum absolute atomic E-state index is 0.0221. The third-order valence-electron chi connectivity index (χ3n) is 2.55. The molecule has 0 aromatic carbocycles. The summed E-state index contributed by atoms with van der Waals surface area (Å²) in [6.07, 6.45) is 5.65. The highest BCUT2D eigenvalue weighted by atomic mass is 16.4. The second kappa shape index (κ2) is 5.41. The Morgan fingerprint density at radius 3 is 2.89 bits per heavy atom. The standard InChI is InChI=1S/C10H14N6O2/c11-2-1-8-9(10(17)18)13-14-16(8)6-5-15-4-3-12-7-15/h3-4,7H,1-2,5-6,11H2,(H,17,18). The first-order chi connectivity index (χ1) is 8.72. The van der Waals surface area contributed by atoms with Gasteiger partial charge in [-0.05, 0) is 6.54 Å². The van der Waals surface area contributed by atoms with E-state index in [0.29, 0.717) is 31.7 Å². The van der Waals surface area contributed by atoms with Gasteiger partial charge in [0.1, 0.15) is 0 Å². The van der Waals surface area contributed by atoms with Crippen molar-refractivity contribution in [1.29, 1.82) is 0 Å². The molecule has 2 aromatic rings. The Balaban J connectivity index is 2.14. The van der Waals surface area contributed by atoms with E-state index in [2.05, 4.69) is 15.3 Å². The van der Waals surface area contributed by atoms with Crippen molar-refractivity contribution < 1.29 is 9.90 Å². The SMILES string of the molecule is NCCc1c(C(=O)O)nnn1CCn1ccnc1. The molecule has 0 unspecified atom stereocenters. The largest absolute Gasteiger partial charge is 0.476 e. The van der Waals surface area contributed by atoms with E-state index >= 15 is 0 Å². The Morgan fingerprint density at radius 1 is 1.44 bits per heavy atom. The van der Waals surface area contributed by atoms with Gasteiger partial charge >= 0.3 is 5.97 Å². The second-order valence-electron chi connectivity index (χ2n) is 3.75. The zero-order valence-corrected chi connectivity index (χ0v) is 9.73. The lowest BCUT2D eigenvalue weighted by Crippen LogP contribution is -2.15. The summed E-state index contributed by atoms with van der Waals surface area (Å²) in [6, 6.07) is 0. The number of hydrogen-bond donors (Lipinski definition) is 2. The molecule has 8 heteroatoms. The van der Waals surface area contributed by atoms with Crippen LogP contribution in [-0.4, -0.2) is 42.2 Å². The molecule has 96 valence electrons. The van der Waals surface area contributed by atoms with Gasteiger partial charge in [-0.25, -0.2) is 14.5 Å². The Kier molecular flexibility index (Phi) is 3.68. The van der Waals surface area contributed by atoms with Crippen molar-refractivity contribution in [2.45, 2.75) is 19.5 Å². The molecule has 0 bridgehead atoms. The lowest BCUT2D eigenvalue weighted by atomic mass is 10.2. The summed E-state index contributed by atoms with van der Waals surface area (Å²) in [7, 11) is 0. The van der Waals surface area contributed by atoms with Gasteiger partial charge in [0.15, 0.2) is 5.69 Å². The van der Waals surface area contributed by atoms with Gasteiger partial charge in [0.05, 0.1) is 18.6 Å². The summed E-state index contributed by atoms with van der Waals surface area (Å²) in [6.45, 7) is 1.55. The van der Waals surface area contributed by atoms with E-state index in [0.717, 1.165) is 0 Å². The Labute approximate surface area is 103 Å². The van der Waals surface area contributed by atoms with Crippen molar-refractivity contribution in [2.24, 2.45) is 5.73 Å². The van der Waals surface area contributed by atoms with Crippen LogP contribution in [0.2, 0.25) is 0 Å². The van der Waals surface area contributed by atoms with Gasteiger partial charge in [-0.3, -0.25) is 0 Å². The van der Waals surface area contributed by atoms with Crippen LogP contribution < -0.4 is 5.73 Å². The second-order valence-corrected chi connectivity index (χ2v) is 3.75. The summed E-state index contributed by atoms with van der Waals surface area (Å²) in [5, 5.41) is 16.5. The van der Waals surface area contributed by atoms with Crippen LogP contribution in [0.1, 0.15) is 16.2 Å². The van der Waals surface area contributed by atoms with E-state index in [1.54, 1.807) is 17.2 Å². The van der Waals surface area contributed by atoms with Crippen LogP contribution in [-0.2, 0) is 19.5 Å². The number of nitrogens with zero attached hydrogens (tertiary/aromatic N) is 5. The maximum absolute atomic E-state index is 11.0. The lowest BCUT2D eigenvalue weighted by molar-refractivity contribution is 0.0689. The number of aromatic carboxylic acids is 1. The summed E-state index contributed by atoms with van der Waals surface area (Å²) in [4.78, 5) is 14.9. The van der Waals surface area contributed by atoms with Gasteiger partial charge in [-0.2, -0.15) is 0 Å². The minimum atomic E-state index is -1.08. The predicted molar refractivity (Wildman–Crippen MR) is 62.0 cm³/mol. The first-order valence-electron chi connectivity index (χ1n) is 5.54. The third-order valence-corrected chi connectivity index (χ3v) is 2.55. The maximum atomic E-state index is 11.0. The van der Waals surface area contributed by atoms with E-state index in [-0.39, 0.29) is 5.69 Å². The first kappa shape index (κ1) is 12.2. The molecule has 2 heterocycles. The summed E-state index contributed by atoms with van der Waals surface area (Å²) >= 11 is 0. The van der Waals surface area contributed by atoms with Crippen LogP contribution in [0.3, 0.4) is 0 Å². The Hall–Kier alpha value is -2.22. The summed E-state index contributed by atoms with van der Waals surface area (Å²) < 4.78 is 3.46. The lowest BCUT2D eigenvalue weighted by Gasteiger charge is -2.06. The van der Waals surface area contributed by atoms with Gasteiger partial charge in [0.2, 0.25) is 0 Å². The van der Waals surface area contributed by atoms with E-state index in [9.17, 15) is 4.79 Å². The highest BCUT2D eigenvalue weighted by molar-refractivity contribution is 5.86. The highest BCUT2D eigenvalue weighted by Gasteiger charge is 2.17. The van der Waals surface area contributed by atoms with E-state index in [1.807, 2.05) is 10.8 Å². The Bertz CT molecular complexity index is 518. The fourth-order valence-corrected chi connectivity index (χ4v) is 1.69. The fourth-order valence-electron chi connectivity index (χ4n) is 1.69. The topological polar surface area (TPSA) is 112 Å². The molecule has 0 saturated heterocycles. The van der Waals surface area contributed by atoms with Crippen molar-refractivity contribution in [2.75, 3.05) is 6.54 Å². The normalized spacial score (nSPS) is 10.7. The van der Waals surface area contributed by atoms with Crippen molar-refractivity contribution in [3.05, 3.63) is 30.1 Å². The molecule has 2 aromatic heterocycles.